The van der Waals surface area contributed by atoms with Gasteiger partial charge in [-0.15, -0.1) is 0 Å². The van der Waals surface area contributed by atoms with E-state index in [4.69, 9.17) is 5.11 Å². The van der Waals surface area contributed by atoms with Gasteiger partial charge in [0, 0.05) is 6.42 Å². The molecule has 0 fully saturated rings. The lowest BCUT2D eigenvalue weighted by molar-refractivity contribution is -0.271. The number of rotatable bonds is 5. The molecule has 0 bridgehead atoms. The summed E-state index contributed by atoms with van der Waals surface area (Å²) >= 11 is 0. The maximum atomic E-state index is 12.5. The van der Waals surface area contributed by atoms with Crippen molar-refractivity contribution >= 4 is 0 Å². The average molecular weight is 224 g/mol. The topological polar surface area (TPSA) is 20.2 Å². The number of alkyl halides is 6. The zero-order valence-electron chi connectivity index (χ0n) is 7.28. The monoisotopic (exact) mass is 224 g/mol. The molecule has 0 saturated carbocycles. The predicted octanol–water partition coefficient (Wildman–Crippen LogP) is 2.68. The Bertz CT molecular complexity index is 181. The van der Waals surface area contributed by atoms with Crippen LogP contribution < -0.4 is 0 Å². The highest BCUT2D eigenvalue weighted by Gasteiger charge is 2.62. The van der Waals surface area contributed by atoms with Crippen LogP contribution in [0.25, 0.3) is 0 Å². The zero-order valence-corrected chi connectivity index (χ0v) is 7.28. The molecule has 0 rings (SSSR count). The van der Waals surface area contributed by atoms with Crippen molar-refractivity contribution in [3.05, 3.63) is 0 Å². The van der Waals surface area contributed by atoms with Crippen molar-refractivity contribution in [2.75, 3.05) is 0 Å². The summed E-state index contributed by atoms with van der Waals surface area (Å²) in [7, 11) is 0. The molecule has 0 saturated heterocycles. The maximum Gasteiger partial charge on any atom is 0.369 e. The minimum atomic E-state index is -5.40. The van der Waals surface area contributed by atoms with Gasteiger partial charge in [0.2, 0.25) is 0 Å². The minimum Gasteiger partial charge on any atom is -0.393 e. The van der Waals surface area contributed by atoms with Crippen LogP contribution in [-0.4, -0.2) is 29.5 Å². The fourth-order valence-corrected chi connectivity index (χ4v) is 0.736. The molecular weight excluding hydrogens is 214 g/mol. The fourth-order valence-electron chi connectivity index (χ4n) is 0.736. The summed E-state index contributed by atoms with van der Waals surface area (Å²) in [5.74, 6) is -10.3. The molecule has 0 aromatic heterocycles. The molecule has 1 atom stereocenters. The van der Waals surface area contributed by atoms with E-state index in [1.807, 2.05) is 0 Å². The van der Waals surface area contributed by atoms with E-state index >= 15 is 0 Å². The molecule has 0 aromatic carbocycles. The predicted molar refractivity (Wildman–Crippen MR) is 36.8 cm³/mol. The lowest BCUT2D eigenvalue weighted by Crippen LogP contribution is -2.48. The summed E-state index contributed by atoms with van der Waals surface area (Å²) in [6.45, 7) is 1.28. The van der Waals surface area contributed by atoms with Gasteiger partial charge in [0.25, 0.3) is 0 Å². The third-order valence-electron chi connectivity index (χ3n) is 1.72. The Labute approximate surface area is 76.7 Å². The maximum absolute atomic E-state index is 12.5. The SMILES string of the molecule is CCC(O)CC(F)(F)C(F)(F)C(F)F. The van der Waals surface area contributed by atoms with Crippen LogP contribution in [0.4, 0.5) is 26.3 Å². The van der Waals surface area contributed by atoms with Gasteiger partial charge in [-0.25, -0.2) is 8.78 Å². The van der Waals surface area contributed by atoms with Gasteiger partial charge in [-0.05, 0) is 6.42 Å². The van der Waals surface area contributed by atoms with E-state index in [1.165, 1.54) is 6.92 Å². The fraction of sp³-hybridized carbons (Fsp3) is 1.00. The zero-order chi connectivity index (χ0) is 11.6. The Morgan fingerprint density at radius 1 is 1.14 bits per heavy atom. The first-order chi connectivity index (χ1) is 6.15. The largest absolute Gasteiger partial charge is 0.393 e. The van der Waals surface area contributed by atoms with Crippen molar-refractivity contribution in [1.29, 1.82) is 0 Å². The normalized spacial score (nSPS) is 16.1. The van der Waals surface area contributed by atoms with Gasteiger partial charge in [-0.1, -0.05) is 6.92 Å². The molecule has 0 aliphatic heterocycles. The highest BCUT2D eigenvalue weighted by molar-refractivity contribution is 4.88. The van der Waals surface area contributed by atoms with Crippen molar-refractivity contribution in [2.45, 2.75) is 44.1 Å². The summed E-state index contributed by atoms with van der Waals surface area (Å²) in [5.41, 5.74) is 0. The Morgan fingerprint density at radius 3 is 1.86 bits per heavy atom. The molecule has 86 valence electrons. The molecule has 0 aromatic rings. The highest BCUT2D eigenvalue weighted by Crippen LogP contribution is 2.42. The summed E-state index contributed by atoms with van der Waals surface area (Å²) in [5, 5.41) is 8.68. The lowest BCUT2D eigenvalue weighted by Gasteiger charge is -2.27. The van der Waals surface area contributed by atoms with Gasteiger partial charge in [0.05, 0.1) is 6.10 Å². The first-order valence-corrected chi connectivity index (χ1v) is 3.87. The lowest BCUT2D eigenvalue weighted by atomic mass is 10.0. The van der Waals surface area contributed by atoms with Gasteiger partial charge in [-0.3, -0.25) is 0 Å². The van der Waals surface area contributed by atoms with Crippen LogP contribution in [0.2, 0.25) is 0 Å². The van der Waals surface area contributed by atoms with E-state index in [0.717, 1.165) is 0 Å². The van der Waals surface area contributed by atoms with Crippen molar-refractivity contribution in [3.63, 3.8) is 0 Å². The van der Waals surface area contributed by atoms with Gasteiger partial charge in [0.1, 0.15) is 0 Å². The molecular formula is C7H10F6O. The van der Waals surface area contributed by atoms with Crippen LogP contribution in [0.3, 0.4) is 0 Å². The number of hydrogen-bond acceptors (Lipinski definition) is 1. The van der Waals surface area contributed by atoms with Crippen molar-refractivity contribution < 1.29 is 31.4 Å². The standard InChI is InChI=1S/C7H10F6O/c1-2-4(14)3-6(10,11)7(12,13)5(8)9/h4-5,14H,2-3H2,1H3. The highest BCUT2D eigenvalue weighted by atomic mass is 19.3. The van der Waals surface area contributed by atoms with Crippen molar-refractivity contribution in [3.8, 4) is 0 Å². The Kier molecular flexibility index (Phi) is 4.23. The van der Waals surface area contributed by atoms with Crippen LogP contribution in [0.5, 0.6) is 0 Å². The number of aliphatic hydroxyl groups is 1. The number of aliphatic hydroxyl groups excluding tert-OH is 1. The van der Waals surface area contributed by atoms with E-state index in [-0.39, 0.29) is 6.42 Å². The molecule has 1 unspecified atom stereocenters. The Balaban J connectivity index is 4.59. The third-order valence-corrected chi connectivity index (χ3v) is 1.72. The molecule has 0 spiro atoms. The van der Waals surface area contributed by atoms with Gasteiger partial charge >= 0.3 is 18.3 Å². The molecule has 0 radical (unpaired) electrons. The molecule has 1 nitrogen and oxygen atoms in total. The first kappa shape index (κ1) is 13.5. The number of hydrogen-bond donors (Lipinski definition) is 1. The summed E-state index contributed by atoms with van der Waals surface area (Å²) in [4.78, 5) is 0. The summed E-state index contributed by atoms with van der Waals surface area (Å²) < 4.78 is 72.5. The van der Waals surface area contributed by atoms with Gasteiger partial charge in [-0.2, -0.15) is 17.6 Å². The smallest absolute Gasteiger partial charge is 0.369 e. The average Bonchev–Trinajstić information content (AvgIpc) is 2.02. The molecule has 7 heteroatoms. The third kappa shape index (κ3) is 2.76. The summed E-state index contributed by atoms with van der Waals surface area (Å²) in [6.07, 6.45) is -8.02. The van der Waals surface area contributed by atoms with E-state index in [1.54, 1.807) is 0 Å². The number of halogens is 6. The van der Waals surface area contributed by atoms with E-state index in [0.29, 0.717) is 0 Å². The quantitative estimate of drug-likeness (QED) is 0.712. The Morgan fingerprint density at radius 2 is 1.57 bits per heavy atom. The van der Waals surface area contributed by atoms with Gasteiger partial charge < -0.3 is 5.11 Å². The van der Waals surface area contributed by atoms with Crippen LogP contribution in [0.1, 0.15) is 19.8 Å². The molecule has 0 heterocycles. The van der Waals surface area contributed by atoms with Crippen LogP contribution in [0, 0.1) is 0 Å². The van der Waals surface area contributed by atoms with Crippen molar-refractivity contribution in [1.82, 2.24) is 0 Å². The van der Waals surface area contributed by atoms with Crippen LogP contribution in [0.15, 0.2) is 0 Å². The van der Waals surface area contributed by atoms with Gasteiger partial charge in [0.15, 0.2) is 0 Å². The Hall–Kier alpha value is -0.460. The second kappa shape index (κ2) is 4.37. The molecule has 0 amide bonds. The van der Waals surface area contributed by atoms with E-state index in [2.05, 4.69) is 0 Å². The van der Waals surface area contributed by atoms with E-state index in [9.17, 15) is 26.3 Å². The van der Waals surface area contributed by atoms with E-state index < -0.39 is 30.8 Å². The second-order valence-corrected chi connectivity index (χ2v) is 2.89. The molecule has 14 heavy (non-hydrogen) atoms. The molecule has 0 aliphatic rings. The second-order valence-electron chi connectivity index (χ2n) is 2.89. The van der Waals surface area contributed by atoms with Crippen LogP contribution in [-0.2, 0) is 0 Å². The molecule has 0 aliphatic carbocycles. The van der Waals surface area contributed by atoms with Crippen LogP contribution >= 0.6 is 0 Å². The summed E-state index contributed by atoms with van der Waals surface area (Å²) in [6, 6.07) is 0. The minimum absolute atomic E-state index is 0.199. The molecule has 1 N–H and O–H groups in total. The van der Waals surface area contributed by atoms with Crippen molar-refractivity contribution in [2.24, 2.45) is 0 Å². The first-order valence-electron chi connectivity index (χ1n) is 3.87.